The molecule has 3 saturated heterocycles. The van der Waals surface area contributed by atoms with Crippen LogP contribution in [0.5, 0.6) is 0 Å². The second kappa shape index (κ2) is 10.2. The fourth-order valence-electron chi connectivity index (χ4n) is 5.87. The van der Waals surface area contributed by atoms with Crippen molar-refractivity contribution in [1.82, 2.24) is 9.80 Å². The summed E-state index contributed by atoms with van der Waals surface area (Å²) in [6.45, 7) is 4.81. The molecule has 3 aliphatic heterocycles. The van der Waals surface area contributed by atoms with Gasteiger partial charge in [-0.3, -0.25) is 14.4 Å². The molecule has 34 heavy (non-hydrogen) atoms. The van der Waals surface area contributed by atoms with Gasteiger partial charge in [0.05, 0.1) is 17.9 Å². The van der Waals surface area contributed by atoms with Crippen LogP contribution in [0.4, 0.5) is 0 Å². The number of aliphatic carboxylic acids is 1. The number of alkyl halides is 1. The van der Waals surface area contributed by atoms with E-state index in [1.165, 1.54) is 0 Å². The number of fused-ring (bicyclic) bond motifs is 1. The van der Waals surface area contributed by atoms with E-state index >= 15 is 0 Å². The lowest BCUT2D eigenvalue weighted by atomic mass is 9.70. The van der Waals surface area contributed by atoms with Gasteiger partial charge in [-0.2, -0.15) is 0 Å². The van der Waals surface area contributed by atoms with Gasteiger partial charge in [0.25, 0.3) is 0 Å². The Morgan fingerprint density at radius 2 is 2.00 bits per heavy atom. The van der Waals surface area contributed by atoms with Crippen molar-refractivity contribution >= 4 is 33.7 Å². The molecule has 2 bridgehead atoms. The molecule has 4 rings (SSSR count). The number of carboxylic acids is 1. The van der Waals surface area contributed by atoms with Crippen molar-refractivity contribution in [2.24, 2.45) is 11.8 Å². The number of ether oxygens (including phenoxy) is 1. The fourth-order valence-corrected chi connectivity index (χ4v) is 6.81. The summed E-state index contributed by atoms with van der Waals surface area (Å²) in [4.78, 5) is 42.9. The van der Waals surface area contributed by atoms with Gasteiger partial charge in [0, 0.05) is 31.1 Å². The van der Waals surface area contributed by atoms with Crippen LogP contribution in [0, 0.1) is 11.8 Å². The van der Waals surface area contributed by atoms with Crippen LogP contribution in [0.2, 0.25) is 0 Å². The summed E-state index contributed by atoms with van der Waals surface area (Å²) in [5, 5.41) is 19.1. The number of aliphatic hydroxyl groups is 1. The van der Waals surface area contributed by atoms with E-state index in [1.54, 1.807) is 15.9 Å². The zero-order valence-corrected chi connectivity index (χ0v) is 20.6. The minimum atomic E-state index is -1.18. The minimum absolute atomic E-state index is 0.0597. The number of carbonyl (C=O) groups excluding carboxylic acids is 2. The maximum Gasteiger partial charge on any atom is 0.310 e. The van der Waals surface area contributed by atoms with Crippen LogP contribution in [-0.4, -0.2) is 80.1 Å². The average Bonchev–Trinajstić information content (AvgIpc) is 3.40. The zero-order chi connectivity index (χ0) is 24.5. The molecule has 2 N–H and O–H groups in total. The molecule has 3 unspecified atom stereocenters. The number of aliphatic hydroxyl groups excluding tert-OH is 1. The molecule has 0 aromatic heterocycles. The molecule has 8 nitrogen and oxygen atoms in total. The van der Waals surface area contributed by atoms with Gasteiger partial charge in [0.2, 0.25) is 11.8 Å². The first-order valence-electron chi connectivity index (χ1n) is 11.8. The molecule has 2 amide bonds. The van der Waals surface area contributed by atoms with Crippen molar-refractivity contribution < 1.29 is 29.3 Å². The highest BCUT2D eigenvalue weighted by atomic mass is 79.9. The number of amides is 2. The summed E-state index contributed by atoms with van der Waals surface area (Å²) < 4.78 is 6.31. The summed E-state index contributed by atoms with van der Waals surface area (Å²) >= 11 is 3.56. The van der Waals surface area contributed by atoms with Crippen LogP contribution in [0.3, 0.4) is 0 Å². The predicted molar refractivity (Wildman–Crippen MR) is 128 cm³/mol. The first kappa shape index (κ1) is 24.9. The maximum absolute atomic E-state index is 14.1. The van der Waals surface area contributed by atoms with Crippen LogP contribution >= 0.6 is 15.9 Å². The predicted octanol–water partition coefficient (Wildman–Crippen LogP) is 2.20. The molecule has 6 atom stereocenters. The smallest absolute Gasteiger partial charge is 0.310 e. The van der Waals surface area contributed by atoms with Crippen LogP contribution in [0.25, 0.3) is 0 Å². The number of halogens is 1. The van der Waals surface area contributed by atoms with Crippen LogP contribution in [0.1, 0.15) is 31.2 Å². The van der Waals surface area contributed by atoms with E-state index in [0.717, 1.165) is 5.56 Å². The largest absolute Gasteiger partial charge is 0.481 e. The SMILES string of the molecule is C=CCN(Cc1ccccc1)C(=O)C1N(CCCCCO)C(=O)[C@@H]2[C@@H](C(=O)O)[C@@H]3OC12CC3Br. The van der Waals surface area contributed by atoms with Gasteiger partial charge in [0.15, 0.2) is 0 Å². The normalized spacial score (nSPS) is 31.5. The van der Waals surface area contributed by atoms with Gasteiger partial charge < -0.3 is 24.7 Å². The highest BCUT2D eigenvalue weighted by molar-refractivity contribution is 9.09. The van der Waals surface area contributed by atoms with Crippen molar-refractivity contribution in [3.05, 3.63) is 48.6 Å². The Hall–Kier alpha value is -2.23. The van der Waals surface area contributed by atoms with Crippen molar-refractivity contribution in [3.8, 4) is 0 Å². The second-order valence-corrected chi connectivity index (χ2v) is 10.5. The third-order valence-electron chi connectivity index (χ3n) is 7.24. The summed E-state index contributed by atoms with van der Waals surface area (Å²) in [7, 11) is 0. The first-order chi connectivity index (χ1) is 16.4. The number of benzene rings is 1. The van der Waals surface area contributed by atoms with Gasteiger partial charge in [-0.15, -0.1) is 6.58 Å². The van der Waals surface area contributed by atoms with E-state index in [0.29, 0.717) is 45.3 Å². The molecule has 0 radical (unpaired) electrons. The van der Waals surface area contributed by atoms with E-state index in [4.69, 9.17) is 9.84 Å². The topological polar surface area (TPSA) is 107 Å². The molecule has 1 aromatic rings. The Morgan fingerprint density at radius 1 is 1.26 bits per heavy atom. The molecule has 0 aliphatic carbocycles. The maximum atomic E-state index is 14.1. The second-order valence-electron chi connectivity index (χ2n) is 9.31. The quantitative estimate of drug-likeness (QED) is 0.256. The molecule has 9 heteroatoms. The number of carboxylic acid groups (broad SMARTS) is 1. The van der Waals surface area contributed by atoms with Crippen molar-refractivity contribution in [1.29, 1.82) is 0 Å². The number of likely N-dealkylation sites (tertiary alicyclic amines) is 1. The number of nitrogens with zero attached hydrogens (tertiary/aromatic N) is 2. The molecule has 1 aromatic carbocycles. The highest BCUT2D eigenvalue weighted by Gasteiger charge is 2.76. The third kappa shape index (κ3) is 4.18. The van der Waals surface area contributed by atoms with E-state index in [-0.39, 0.29) is 23.2 Å². The number of unbranched alkanes of at least 4 members (excludes halogenated alkanes) is 2. The minimum Gasteiger partial charge on any atom is -0.481 e. The van der Waals surface area contributed by atoms with Gasteiger partial charge in [-0.05, 0) is 31.2 Å². The Balaban J connectivity index is 1.69. The summed E-state index contributed by atoms with van der Waals surface area (Å²) in [5.74, 6) is -3.54. The van der Waals surface area contributed by atoms with Crippen molar-refractivity contribution in [3.63, 3.8) is 0 Å². The van der Waals surface area contributed by atoms with Crippen LogP contribution < -0.4 is 0 Å². The van der Waals surface area contributed by atoms with E-state index in [9.17, 15) is 19.5 Å². The highest BCUT2D eigenvalue weighted by Crippen LogP contribution is 2.60. The van der Waals surface area contributed by atoms with E-state index in [2.05, 4.69) is 22.5 Å². The lowest BCUT2D eigenvalue weighted by molar-refractivity contribution is -0.151. The molecule has 1 spiro atoms. The number of rotatable bonds is 11. The van der Waals surface area contributed by atoms with Crippen molar-refractivity contribution in [2.45, 2.75) is 54.8 Å². The molecule has 3 heterocycles. The Labute approximate surface area is 207 Å². The lowest BCUT2D eigenvalue weighted by Crippen LogP contribution is -2.56. The molecule has 184 valence electrons. The van der Waals surface area contributed by atoms with Crippen LogP contribution in [-0.2, 0) is 25.7 Å². The Kier molecular flexibility index (Phi) is 7.45. The number of hydrogen-bond donors (Lipinski definition) is 2. The number of carbonyl (C=O) groups is 3. The Morgan fingerprint density at radius 3 is 2.65 bits per heavy atom. The average molecular weight is 535 g/mol. The molecule has 3 aliphatic rings. The van der Waals surface area contributed by atoms with Crippen molar-refractivity contribution in [2.75, 3.05) is 19.7 Å². The fraction of sp³-hybridized carbons (Fsp3) is 0.560. The van der Waals surface area contributed by atoms with Gasteiger partial charge in [0.1, 0.15) is 11.6 Å². The monoisotopic (exact) mass is 534 g/mol. The molecule has 0 saturated carbocycles. The summed E-state index contributed by atoms with van der Waals surface area (Å²) in [6.07, 6.45) is 3.31. The van der Waals surface area contributed by atoms with Gasteiger partial charge in [-0.25, -0.2) is 0 Å². The molecular formula is C25H31BrN2O6. The van der Waals surface area contributed by atoms with Crippen LogP contribution in [0.15, 0.2) is 43.0 Å². The van der Waals surface area contributed by atoms with E-state index < -0.39 is 35.6 Å². The Bertz CT molecular complexity index is 943. The third-order valence-corrected chi connectivity index (χ3v) is 8.09. The summed E-state index contributed by atoms with van der Waals surface area (Å²) in [5.41, 5.74) is -0.229. The molecular weight excluding hydrogens is 504 g/mol. The van der Waals surface area contributed by atoms with E-state index in [1.807, 2.05) is 30.3 Å². The standard InChI is InChI=1S/C25H31BrN2O6/c1-2-11-27(15-16-9-5-3-6-10-16)23(31)21-25-14-17(26)20(34-25)18(24(32)33)19(25)22(30)28(21)12-7-4-8-13-29/h2-3,5-6,9-10,17-21,29H,1,4,7-8,11-15H2,(H,32,33)/t17?,18-,19+,20-,21?,25?/m1/s1. The zero-order valence-electron chi connectivity index (χ0n) is 19.0. The first-order valence-corrected chi connectivity index (χ1v) is 12.7. The molecule has 3 fully saturated rings. The lowest BCUT2D eigenvalue weighted by Gasteiger charge is -2.37. The number of hydrogen-bond acceptors (Lipinski definition) is 5. The van der Waals surface area contributed by atoms with Gasteiger partial charge in [-0.1, -0.05) is 52.3 Å². The summed E-state index contributed by atoms with van der Waals surface area (Å²) in [6, 6.07) is 8.68. The van der Waals surface area contributed by atoms with Gasteiger partial charge >= 0.3 is 5.97 Å².